The Hall–Kier alpha value is -2.09. The Balaban J connectivity index is 0.00000392. The van der Waals surface area contributed by atoms with Crippen LogP contribution in [0.1, 0.15) is 35.3 Å². The summed E-state index contributed by atoms with van der Waals surface area (Å²) in [7, 11) is -3.79. The molecule has 0 radical (unpaired) electrons. The van der Waals surface area contributed by atoms with Crippen LogP contribution < -0.4 is 15.4 Å². The van der Waals surface area contributed by atoms with E-state index < -0.39 is 10.0 Å². The van der Waals surface area contributed by atoms with Crippen LogP contribution in [0.2, 0.25) is 0 Å². The minimum absolute atomic E-state index is 0. The van der Waals surface area contributed by atoms with Gasteiger partial charge in [0, 0.05) is 23.8 Å². The van der Waals surface area contributed by atoms with Gasteiger partial charge in [-0.15, -0.1) is 12.4 Å². The summed E-state index contributed by atoms with van der Waals surface area (Å²) in [6, 6.07) is 11.8. The quantitative estimate of drug-likeness (QED) is 0.605. The molecule has 8 heteroatoms. The molecule has 0 fully saturated rings. The summed E-state index contributed by atoms with van der Waals surface area (Å²) in [6.07, 6.45) is 0. The Bertz CT molecular complexity index is 917. The van der Waals surface area contributed by atoms with E-state index in [0.717, 1.165) is 17.7 Å². The topological polar surface area (TPSA) is 87.3 Å². The molecule has 28 heavy (non-hydrogen) atoms. The fourth-order valence-corrected chi connectivity index (χ4v) is 3.77. The lowest BCUT2D eigenvalue weighted by Gasteiger charge is -2.15. The molecule has 2 aromatic rings. The van der Waals surface area contributed by atoms with Gasteiger partial charge >= 0.3 is 0 Å². The molecule has 2 rings (SSSR count). The summed E-state index contributed by atoms with van der Waals surface area (Å²) in [5.41, 5.74) is 2.51. The number of carbonyl (C=O) groups excluding carboxylic acids is 1. The number of halogens is 1. The third-order valence-electron chi connectivity index (χ3n) is 4.16. The molecular formula is C20H28ClN3O3S. The van der Waals surface area contributed by atoms with Crippen molar-refractivity contribution in [1.29, 1.82) is 0 Å². The van der Waals surface area contributed by atoms with Gasteiger partial charge in [0.25, 0.3) is 15.9 Å². The van der Waals surface area contributed by atoms with E-state index >= 15 is 0 Å². The highest BCUT2D eigenvalue weighted by atomic mass is 35.5. The van der Waals surface area contributed by atoms with Crippen molar-refractivity contribution in [2.24, 2.45) is 0 Å². The van der Waals surface area contributed by atoms with Crippen LogP contribution in [0.25, 0.3) is 0 Å². The number of aryl methyl sites for hydroxylation is 2. The van der Waals surface area contributed by atoms with Crippen molar-refractivity contribution in [3.8, 4) is 0 Å². The molecule has 0 unspecified atom stereocenters. The maximum absolute atomic E-state index is 12.7. The molecule has 6 nitrogen and oxygen atoms in total. The first-order valence-corrected chi connectivity index (χ1v) is 10.4. The summed E-state index contributed by atoms with van der Waals surface area (Å²) in [4.78, 5) is 12.6. The number of likely N-dealkylation sites (N-methyl/N-ethyl adjacent to an activating group) is 1. The average Bonchev–Trinajstić information content (AvgIpc) is 2.59. The van der Waals surface area contributed by atoms with E-state index in [1.54, 1.807) is 31.2 Å². The van der Waals surface area contributed by atoms with E-state index in [0.29, 0.717) is 17.8 Å². The van der Waals surface area contributed by atoms with Gasteiger partial charge in [-0.2, -0.15) is 0 Å². The minimum atomic E-state index is -3.79. The van der Waals surface area contributed by atoms with E-state index in [2.05, 4.69) is 15.4 Å². The molecule has 1 amide bonds. The molecule has 0 aliphatic rings. The summed E-state index contributed by atoms with van der Waals surface area (Å²) in [5.74, 6) is -0.287. The van der Waals surface area contributed by atoms with Gasteiger partial charge in [0.2, 0.25) is 0 Å². The van der Waals surface area contributed by atoms with Crippen molar-refractivity contribution in [2.45, 2.75) is 38.6 Å². The zero-order chi connectivity index (χ0) is 20.0. The smallest absolute Gasteiger partial charge is 0.261 e. The molecule has 0 spiro atoms. The van der Waals surface area contributed by atoms with Gasteiger partial charge < -0.3 is 10.6 Å². The van der Waals surface area contributed by atoms with Crippen LogP contribution in [-0.2, 0) is 10.0 Å². The predicted molar refractivity (Wildman–Crippen MR) is 116 cm³/mol. The maximum atomic E-state index is 12.7. The molecule has 0 aliphatic heterocycles. The lowest BCUT2D eigenvalue weighted by molar-refractivity contribution is 0.0949. The molecule has 0 aliphatic carbocycles. The second kappa shape index (κ2) is 10.5. The zero-order valence-corrected chi connectivity index (χ0v) is 18.2. The van der Waals surface area contributed by atoms with Crippen LogP contribution >= 0.6 is 12.4 Å². The molecule has 0 aromatic heterocycles. The fraction of sp³-hybridized carbons (Fsp3) is 0.350. The first kappa shape index (κ1) is 23.9. The van der Waals surface area contributed by atoms with Gasteiger partial charge in [0.15, 0.2) is 0 Å². The highest BCUT2D eigenvalue weighted by Crippen LogP contribution is 2.20. The number of rotatable bonds is 8. The lowest BCUT2D eigenvalue weighted by atomic mass is 10.1. The second-order valence-electron chi connectivity index (χ2n) is 6.62. The Labute approximate surface area is 173 Å². The molecule has 3 N–H and O–H groups in total. The summed E-state index contributed by atoms with van der Waals surface area (Å²) >= 11 is 0. The van der Waals surface area contributed by atoms with Crippen LogP contribution in [-0.4, -0.2) is 33.5 Å². The summed E-state index contributed by atoms with van der Waals surface area (Å²) < 4.78 is 28.0. The van der Waals surface area contributed by atoms with Crippen molar-refractivity contribution >= 4 is 34.0 Å². The van der Waals surface area contributed by atoms with Gasteiger partial charge in [0.1, 0.15) is 0 Å². The SMILES string of the molecule is CCN[C@H](C)CNC(=O)c1cc(S(=O)(=O)Nc2cccc(C)c2)ccc1C.Cl. The molecule has 0 heterocycles. The van der Waals surface area contributed by atoms with Gasteiger partial charge in [-0.1, -0.05) is 25.1 Å². The van der Waals surface area contributed by atoms with Crippen molar-refractivity contribution in [3.05, 3.63) is 59.2 Å². The monoisotopic (exact) mass is 425 g/mol. The number of hydrogen-bond donors (Lipinski definition) is 3. The number of hydrogen-bond acceptors (Lipinski definition) is 4. The Kier molecular flexibility index (Phi) is 8.94. The number of sulfonamides is 1. The van der Waals surface area contributed by atoms with Crippen molar-refractivity contribution in [3.63, 3.8) is 0 Å². The predicted octanol–water partition coefficient (Wildman–Crippen LogP) is 3.25. The van der Waals surface area contributed by atoms with E-state index in [1.165, 1.54) is 12.1 Å². The molecule has 154 valence electrons. The molecule has 0 bridgehead atoms. The Morgan fingerprint density at radius 2 is 1.82 bits per heavy atom. The van der Waals surface area contributed by atoms with Crippen LogP contribution in [0.4, 0.5) is 5.69 Å². The van der Waals surface area contributed by atoms with Gasteiger partial charge in [-0.05, 0) is 62.7 Å². The number of amides is 1. The first-order chi connectivity index (χ1) is 12.7. The molecular weight excluding hydrogens is 398 g/mol. The normalized spacial score (nSPS) is 12.0. The van der Waals surface area contributed by atoms with Crippen molar-refractivity contribution in [2.75, 3.05) is 17.8 Å². The molecule has 2 aromatic carbocycles. The van der Waals surface area contributed by atoms with Gasteiger partial charge in [-0.3, -0.25) is 9.52 Å². The number of anilines is 1. The Morgan fingerprint density at radius 1 is 1.11 bits per heavy atom. The highest BCUT2D eigenvalue weighted by Gasteiger charge is 2.18. The Morgan fingerprint density at radius 3 is 2.46 bits per heavy atom. The van der Waals surface area contributed by atoms with Crippen LogP contribution in [0.3, 0.4) is 0 Å². The van der Waals surface area contributed by atoms with Crippen LogP contribution in [0, 0.1) is 13.8 Å². The third-order valence-corrected chi connectivity index (χ3v) is 5.53. The lowest BCUT2D eigenvalue weighted by Crippen LogP contribution is -2.39. The number of benzene rings is 2. The molecule has 0 saturated heterocycles. The van der Waals surface area contributed by atoms with Crippen LogP contribution in [0.5, 0.6) is 0 Å². The van der Waals surface area contributed by atoms with E-state index in [-0.39, 0.29) is 29.3 Å². The minimum Gasteiger partial charge on any atom is -0.350 e. The van der Waals surface area contributed by atoms with Crippen LogP contribution in [0.15, 0.2) is 47.4 Å². The van der Waals surface area contributed by atoms with Gasteiger partial charge in [0.05, 0.1) is 4.90 Å². The molecule has 1 atom stereocenters. The van der Waals surface area contributed by atoms with E-state index in [9.17, 15) is 13.2 Å². The highest BCUT2D eigenvalue weighted by molar-refractivity contribution is 7.92. The standard InChI is InChI=1S/C20H27N3O3S.ClH/c1-5-21-16(4)13-22-20(24)19-12-18(10-9-15(19)3)27(25,26)23-17-8-6-7-14(2)11-17;/h6-12,16,21,23H,5,13H2,1-4H3,(H,22,24);1H/t16-;/m1./s1. The third kappa shape index (κ3) is 6.51. The first-order valence-electron chi connectivity index (χ1n) is 8.94. The van der Waals surface area contributed by atoms with Crippen molar-refractivity contribution < 1.29 is 13.2 Å². The second-order valence-corrected chi connectivity index (χ2v) is 8.30. The fourth-order valence-electron chi connectivity index (χ4n) is 2.70. The maximum Gasteiger partial charge on any atom is 0.261 e. The van der Waals surface area contributed by atoms with Crippen molar-refractivity contribution in [1.82, 2.24) is 10.6 Å². The largest absolute Gasteiger partial charge is 0.350 e. The summed E-state index contributed by atoms with van der Waals surface area (Å²) in [6.45, 7) is 8.92. The number of carbonyl (C=O) groups is 1. The average molecular weight is 426 g/mol. The van der Waals surface area contributed by atoms with E-state index in [1.807, 2.05) is 26.8 Å². The number of nitrogens with one attached hydrogen (secondary N) is 3. The van der Waals surface area contributed by atoms with E-state index in [4.69, 9.17) is 0 Å². The van der Waals surface area contributed by atoms with Gasteiger partial charge in [-0.25, -0.2) is 8.42 Å². The zero-order valence-electron chi connectivity index (χ0n) is 16.6. The molecule has 0 saturated carbocycles. The summed E-state index contributed by atoms with van der Waals surface area (Å²) in [5, 5.41) is 6.06.